The highest BCUT2D eigenvalue weighted by Gasteiger charge is 1.69. The van der Waals surface area contributed by atoms with Gasteiger partial charge in [-0.25, -0.2) is 0 Å². The number of pyridine rings is 1. The van der Waals surface area contributed by atoms with Gasteiger partial charge in [0.2, 0.25) is 5.56 Å². The number of aromatic amines is 1. The second-order valence-electron chi connectivity index (χ2n) is 2.02. The average molecular weight is 179 g/mol. The minimum Gasteiger partial charge on any atom is -0.329 e. The molecule has 2 nitrogen and oxygen atoms in total. The Kier molecular flexibility index (Phi) is 3.88. The lowest BCUT2D eigenvalue weighted by atomic mass is 10.5. The molecule has 0 unspecified atom stereocenters. The molecule has 2 aromatic heterocycles. The summed E-state index contributed by atoms with van der Waals surface area (Å²) >= 11 is 1.71. The lowest BCUT2D eigenvalue weighted by Crippen LogP contribution is -1.98. The molecule has 0 aliphatic heterocycles. The molecule has 12 heavy (non-hydrogen) atoms. The van der Waals surface area contributed by atoms with E-state index in [1.165, 1.54) is 6.07 Å². The van der Waals surface area contributed by atoms with E-state index in [1.54, 1.807) is 29.7 Å². The maximum Gasteiger partial charge on any atom is 0.247 e. The predicted octanol–water partition coefficient (Wildman–Crippen LogP) is 2.12. The van der Waals surface area contributed by atoms with Crippen LogP contribution in [0.1, 0.15) is 0 Å². The van der Waals surface area contributed by atoms with Crippen LogP contribution in [-0.4, -0.2) is 4.98 Å². The summed E-state index contributed by atoms with van der Waals surface area (Å²) in [6, 6.07) is 8.97. The highest BCUT2D eigenvalue weighted by Crippen LogP contribution is 1.91. The summed E-state index contributed by atoms with van der Waals surface area (Å²) < 4.78 is 0. The van der Waals surface area contributed by atoms with Crippen LogP contribution in [0.5, 0.6) is 0 Å². The summed E-state index contributed by atoms with van der Waals surface area (Å²) in [6.07, 6.45) is 1.60. The van der Waals surface area contributed by atoms with Crippen LogP contribution >= 0.6 is 11.3 Å². The van der Waals surface area contributed by atoms with Gasteiger partial charge < -0.3 is 4.98 Å². The molecule has 2 aromatic rings. The summed E-state index contributed by atoms with van der Waals surface area (Å²) in [5.74, 6) is 0. The maximum atomic E-state index is 10.2. The van der Waals surface area contributed by atoms with Gasteiger partial charge in [0.15, 0.2) is 0 Å². The van der Waals surface area contributed by atoms with Crippen LogP contribution in [0.2, 0.25) is 0 Å². The van der Waals surface area contributed by atoms with E-state index in [9.17, 15) is 4.79 Å². The van der Waals surface area contributed by atoms with E-state index in [4.69, 9.17) is 0 Å². The van der Waals surface area contributed by atoms with Gasteiger partial charge in [0.1, 0.15) is 0 Å². The average Bonchev–Trinajstić information content (AvgIpc) is 2.62. The van der Waals surface area contributed by atoms with Gasteiger partial charge >= 0.3 is 0 Å². The normalized spacial score (nSPS) is 8.33. The van der Waals surface area contributed by atoms with Crippen LogP contribution < -0.4 is 5.56 Å². The van der Waals surface area contributed by atoms with E-state index in [1.807, 2.05) is 22.9 Å². The van der Waals surface area contributed by atoms with Gasteiger partial charge in [-0.1, -0.05) is 18.2 Å². The molecular weight excluding hydrogens is 170 g/mol. The monoisotopic (exact) mass is 179 g/mol. The van der Waals surface area contributed by atoms with E-state index in [2.05, 4.69) is 4.98 Å². The predicted molar refractivity (Wildman–Crippen MR) is 51.4 cm³/mol. The number of nitrogens with one attached hydrogen (secondary N) is 1. The Hall–Kier alpha value is -1.35. The van der Waals surface area contributed by atoms with Gasteiger partial charge in [0, 0.05) is 12.3 Å². The fraction of sp³-hybridized carbons (Fsp3) is 0. The number of hydrogen-bond acceptors (Lipinski definition) is 2. The van der Waals surface area contributed by atoms with Crippen LogP contribution in [0.25, 0.3) is 0 Å². The van der Waals surface area contributed by atoms with Gasteiger partial charge in [-0.05, 0) is 16.8 Å². The Labute approximate surface area is 74.5 Å². The zero-order valence-electron chi connectivity index (χ0n) is 6.44. The molecule has 0 aromatic carbocycles. The molecule has 0 spiro atoms. The summed E-state index contributed by atoms with van der Waals surface area (Å²) in [7, 11) is 0. The third kappa shape index (κ3) is 3.73. The van der Waals surface area contributed by atoms with E-state index >= 15 is 0 Å². The first-order valence-electron chi connectivity index (χ1n) is 3.50. The lowest BCUT2D eigenvalue weighted by molar-refractivity contribution is 1.24. The molecule has 0 aliphatic rings. The lowest BCUT2D eigenvalue weighted by Gasteiger charge is -1.73. The third-order valence-corrected chi connectivity index (χ3v) is 1.73. The molecule has 0 saturated heterocycles. The van der Waals surface area contributed by atoms with Crippen molar-refractivity contribution in [1.29, 1.82) is 0 Å². The van der Waals surface area contributed by atoms with Gasteiger partial charge in [-0.2, -0.15) is 11.3 Å². The van der Waals surface area contributed by atoms with Crippen LogP contribution in [0.4, 0.5) is 0 Å². The summed E-state index contributed by atoms with van der Waals surface area (Å²) in [4.78, 5) is 12.7. The van der Waals surface area contributed by atoms with Gasteiger partial charge in [-0.15, -0.1) is 0 Å². The maximum absolute atomic E-state index is 10.2. The van der Waals surface area contributed by atoms with E-state index in [-0.39, 0.29) is 5.56 Å². The van der Waals surface area contributed by atoms with Crippen molar-refractivity contribution in [2.24, 2.45) is 0 Å². The number of thiophene rings is 1. The number of hydrogen-bond donors (Lipinski definition) is 1. The Balaban J connectivity index is 0.000000127. The smallest absolute Gasteiger partial charge is 0.247 e. The molecule has 2 heterocycles. The van der Waals surface area contributed by atoms with Crippen LogP contribution in [0.3, 0.4) is 0 Å². The molecule has 0 atom stereocenters. The van der Waals surface area contributed by atoms with Crippen molar-refractivity contribution in [3.63, 3.8) is 0 Å². The SMILES string of the molecule is O=c1cccc[nH]1.c1ccsc1. The van der Waals surface area contributed by atoms with E-state index < -0.39 is 0 Å². The molecule has 0 aliphatic carbocycles. The largest absolute Gasteiger partial charge is 0.329 e. The minimum absolute atomic E-state index is 0.0532. The number of rotatable bonds is 0. The Morgan fingerprint density at radius 1 is 1.08 bits per heavy atom. The molecule has 62 valence electrons. The minimum atomic E-state index is -0.0532. The zero-order valence-corrected chi connectivity index (χ0v) is 7.25. The standard InChI is InChI=1S/C5H5NO.C4H4S/c7-5-3-1-2-4-6-5;1-2-4-5-3-1/h1-4H,(H,6,7);1-4H. The van der Waals surface area contributed by atoms with Crippen LogP contribution in [-0.2, 0) is 0 Å². The summed E-state index contributed by atoms with van der Waals surface area (Å²) in [6.45, 7) is 0. The van der Waals surface area contributed by atoms with Crippen molar-refractivity contribution >= 4 is 11.3 Å². The first kappa shape index (κ1) is 8.74. The second kappa shape index (κ2) is 5.32. The van der Waals surface area contributed by atoms with Crippen molar-refractivity contribution in [2.75, 3.05) is 0 Å². The topological polar surface area (TPSA) is 32.9 Å². The third-order valence-electron chi connectivity index (χ3n) is 1.11. The number of H-pyrrole nitrogens is 1. The molecule has 3 heteroatoms. The van der Waals surface area contributed by atoms with E-state index in [0.29, 0.717) is 0 Å². The number of aromatic nitrogens is 1. The first-order valence-corrected chi connectivity index (χ1v) is 4.45. The first-order chi connectivity index (χ1) is 5.89. The zero-order chi connectivity index (χ0) is 8.65. The van der Waals surface area contributed by atoms with Gasteiger partial charge in [0.05, 0.1) is 0 Å². The molecule has 2 rings (SSSR count). The summed E-state index contributed by atoms with van der Waals surface area (Å²) in [5, 5.41) is 4.08. The quantitative estimate of drug-likeness (QED) is 0.660. The van der Waals surface area contributed by atoms with Crippen molar-refractivity contribution in [3.05, 3.63) is 57.6 Å². The van der Waals surface area contributed by atoms with Gasteiger partial charge in [0.25, 0.3) is 0 Å². The van der Waals surface area contributed by atoms with Crippen molar-refractivity contribution in [2.45, 2.75) is 0 Å². The second-order valence-corrected chi connectivity index (χ2v) is 2.84. The van der Waals surface area contributed by atoms with Gasteiger partial charge in [-0.3, -0.25) is 4.79 Å². The van der Waals surface area contributed by atoms with Crippen molar-refractivity contribution in [1.82, 2.24) is 4.98 Å². The highest BCUT2D eigenvalue weighted by atomic mass is 32.1. The molecule has 1 N–H and O–H groups in total. The van der Waals surface area contributed by atoms with E-state index in [0.717, 1.165) is 0 Å². The molecule has 0 bridgehead atoms. The van der Waals surface area contributed by atoms with Crippen LogP contribution in [0, 0.1) is 0 Å². The summed E-state index contributed by atoms with van der Waals surface area (Å²) in [5.41, 5.74) is -0.0532. The molecule has 0 radical (unpaired) electrons. The Bertz CT molecular complexity index is 305. The fourth-order valence-electron chi connectivity index (χ4n) is 0.604. The molecular formula is C9H9NOS. The molecule has 0 amide bonds. The fourth-order valence-corrected chi connectivity index (χ4v) is 1.06. The Morgan fingerprint density at radius 2 is 1.83 bits per heavy atom. The molecule has 0 saturated carbocycles. The van der Waals surface area contributed by atoms with Crippen LogP contribution in [0.15, 0.2) is 52.1 Å². The molecule has 0 fully saturated rings. The van der Waals surface area contributed by atoms with Crippen molar-refractivity contribution in [3.8, 4) is 0 Å². The highest BCUT2D eigenvalue weighted by molar-refractivity contribution is 7.07. The Morgan fingerprint density at radius 3 is 2.08 bits per heavy atom. The van der Waals surface area contributed by atoms with Crippen molar-refractivity contribution < 1.29 is 0 Å².